The predicted molar refractivity (Wildman–Crippen MR) is 344 cm³/mol. The van der Waals surface area contributed by atoms with E-state index < -0.39 is 74.6 Å². The number of hydrogen-bond acceptors (Lipinski definition) is 13. The number of ether oxygens (including phenoxy) is 4. The number of rotatable bonds is 37. The molecule has 0 unspecified atom stereocenters. The number of aromatic amines is 2. The van der Waals surface area contributed by atoms with Gasteiger partial charge in [-0.05, 0) is 105 Å². The highest BCUT2D eigenvalue weighted by molar-refractivity contribution is 5.94. The quantitative estimate of drug-likeness (QED) is 0.0165. The molecule has 10 atom stereocenters. The zero-order valence-corrected chi connectivity index (χ0v) is 52.0. The van der Waals surface area contributed by atoms with Gasteiger partial charge in [-0.15, -0.1) is 0 Å². The number of aryl methyl sites for hydroxylation is 2. The van der Waals surface area contributed by atoms with Crippen LogP contribution >= 0.6 is 0 Å². The summed E-state index contributed by atoms with van der Waals surface area (Å²) < 4.78 is 23.5. The molecule has 15 heteroatoms. The molecule has 4 aliphatic rings. The summed E-state index contributed by atoms with van der Waals surface area (Å²) in [5.41, 5.74) is 13.3. The second kappa shape index (κ2) is 35.4. The van der Waals surface area contributed by atoms with Crippen LogP contribution in [0.3, 0.4) is 0 Å². The van der Waals surface area contributed by atoms with Crippen molar-refractivity contribution in [2.45, 2.75) is 275 Å². The molecule has 0 aliphatic carbocycles. The Balaban J connectivity index is 1.13. The van der Waals surface area contributed by atoms with Gasteiger partial charge in [-0.25, -0.2) is 9.97 Å². The van der Waals surface area contributed by atoms with E-state index in [0.717, 1.165) is 107 Å². The summed E-state index contributed by atoms with van der Waals surface area (Å²) in [6.45, 7) is 5.45. The summed E-state index contributed by atoms with van der Waals surface area (Å²) in [7, 11) is 0. The third-order valence-corrected chi connectivity index (χ3v) is 18.0. The minimum Gasteiger partial charge on any atom is -0.462 e. The van der Waals surface area contributed by atoms with Crippen LogP contribution in [0.25, 0.3) is 57.5 Å². The molecule has 0 spiro atoms. The Morgan fingerprint density at radius 1 is 0.395 bits per heavy atom. The van der Waals surface area contributed by atoms with Crippen LogP contribution in [0.15, 0.2) is 48.5 Å². The van der Waals surface area contributed by atoms with Crippen molar-refractivity contribution < 1.29 is 54.7 Å². The van der Waals surface area contributed by atoms with E-state index in [4.69, 9.17) is 28.9 Å². The number of nitrogens with zero attached hydrogens (tertiary/aromatic N) is 2. The van der Waals surface area contributed by atoms with E-state index in [1.807, 2.05) is 12.1 Å². The second-order valence-electron chi connectivity index (χ2n) is 24.7. The molecule has 0 saturated carbocycles. The van der Waals surface area contributed by atoms with Crippen LogP contribution in [-0.4, -0.2) is 130 Å². The maximum atomic E-state index is 11.4. The summed E-state index contributed by atoms with van der Waals surface area (Å²) >= 11 is 0. The summed E-state index contributed by atoms with van der Waals surface area (Å²) in [6, 6.07) is 16.2. The molecular formula is C71H104N4O11. The molecule has 2 saturated heterocycles. The highest BCUT2D eigenvalue weighted by Gasteiger charge is 2.51. The third-order valence-electron chi connectivity index (χ3n) is 18.0. The fourth-order valence-electron chi connectivity index (χ4n) is 12.8. The van der Waals surface area contributed by atoms with Crippen LogP contribution in [0, 0.1) is 0 Å². The maximum absolute atomic E-state index is 11.4. The van der Waals surface area contributed by atoms with Crippen LogP contribution < -0.4 is 4.74 Å². The molecule has 86 heavy (non-hydrogen) atoms. The van der Waals surface area contributed by atoms with Gasteiger partial charge in [0.15, 0.2) is 6.29 Å². The summed E-state index contributed by atoms with van der Waals surface area (Å²) in [5, 5.41) is 74.2. The van der Waals surface area contributed by atoms with Gasteiger partial charge in [0.25, 0.3) is 0 Å². The van der Waals surface area contributed by atoms with Crippen LogP contribution in [0.4, 0.5) is 0 Å². The van der Waals surface area contributed by atoms with E-state index in [-0.39, 0.29) is 0 Å². The van der Waals surface area contributed by atoms with Gasteiger partial charge in [0, 0.05) is 44.3 Å². The molecule has 15 nitrogen and oxygen atoms in total. The SMILES string of the molecule is CCCCCCCCCCCc1c2nc(c(CCCCCCCCCCC)c3ccc([nH]3)c(-c3ccc(O[C@@H]4O[C@H](CO)[C@@H](O[C@H]5O[C@H](CO)[C@@H](O)[C@H](O)[C@H]5O)[C@H](O)[C@H]4O)cc3)c3ccc([nH]3)c(CCCCCCCCCCC)c3nc1C=C3)C=C2. The number of hydrogen-bond donors (Lipinski definition) is 9. The van der Waals surface area contributed by atoms with Gasteiger partial charge in [0.05, 0.1) is 36.0 Å². The van der Waals surface area contributed by atoms with Crippen LogP contribution in [-0.2, 0) is 33.5 Å². The zero-order chi connectivity index (χ0) is 60.6. The average Bonchev–Trinajstić information content (AvgIpc) is 1.76. The number of benzene rings is 1. The Kier molecular flexibility index (Phi) is 27.7. The molecule has 8 rings (SSSR count). The molecule has 0 radical (unpaired) electrons. The van der Waals surface area contributed by atoms with Gasteiger partial charge < -0.3 is 64.7 Å². The van der Waals surface area contributed by atoms with Gasteiger partial charge in [-0.1, -0.05) is 187 Å². The summed E-state index contributed by atoms with van der Waals surface area (Å²) in [5.74, 6) is 0.321. The van der Waals surface area contributed by atoms with E-state index >= 15 is 0 Å². The molecule has 7 heterocycles. The van der Waals surface area contributed by atoms with Crippen LogP contribution in [0.2, 0.25) is 0 Å². The lowest BCUT2D eigenvalue weighted by atomic mass is 9.97. The molecule has 1 aromatic carbocycles. The van der Waals surface area contributed by atoms with Gasteiger partial charge >= 0.3 is 0 Å². The molecule has 8 bridgehead atoms. The second-order valence-corrected chi connectivity index (χ2v) is 24.7. The number of unbranched alkanes of at least 4 members (excludes halogenated alkanes) is 24. The first-order chi connectivity index (χ1) is 42.1. The Bertz CT molecular complexity index is 2760. The van der Waals surface area contributed by atoms with E-state index in [1.54, 1.807) is 12.1 Å². The number of aliphatic hydroxyl groups excluding tert-OH is 7. The topological polar surface area (TPSA) is 236 Å². The first kappa shape index (κ1) is 67.2. The molecule has 9 N–H and O–H groups in total. The Labute approximate surface area is 511 Å². The van der Waals surface area contributed by atoms with Crippen LogP contribution in [0.1, 0.15) is 234 Å². The lowest BCUT2D eigenvalue weighted by molar-refractivity contribution is -0.352. The van der Waals surface area contributed by atoms with Crippen molar-refractivity contribution in [2.24, 2.45) is 0 Å². The van der Waals surface area contributed by atoms with E-state index in [0.29, 0.717) is 5.75 Å². The van der Waals surface area contributed by atoms with Gasteiger partial charge in [-0.3, -0.25) is 0 Å². The Morgan fingerprint density at radius 2 is 0.767 bits per heavy atom. The molecule has 474 valence electrons. The first-order valence-corrected chi connectivity index (χ1v) is 33.6. The van der Waals surface area contributed by atoms with Crippen molar-refractivity contribution in [1.29, 1.82) is 0 Å². The fourth-order valence-corrected chi connectivity index (χ4v) is 12.8. The third kappa shape index (κ3) is 18.4. The number of H-pyrrole nitrogens is 2. The smallest absolute Gasteiger partial charge is 0.229 e. The van der Waals surface area contributed by atoms with Crippen molar-refractivity contribution in [3.05, 3.63) is 88.0 Å². The average molecular weight is 1190 g/mol. The standard InChI is InChI=1S/C71H104N4O11/c1-4-7-10-13-16-19-22-25-28-31-50-53-38-40-55(72-53)51(32-29-26-23-20-17-14-11-8-5-2)57-42-44-59(74-57)63(60-45-43-58(75-60)52(56-41-39-54(50)73-56)33-30-27-24-21-18-15-12-9-6-3)48-34-36-49(37-35-48)83-70-68(82)66(80)69(62(47-77)85-70)86-71-67(81)65(79)64(78)61(46-76)84-71/h34-45,61-62,64-71,74-82H,4-33,46-47H2,1-3H3/t61-,62-,64-,65+,66-,67-,68-,69-,70-,71-/m1/s1. The van der Waals surface area contributed by atoms with Crippen molar-refractivity contribution in [1.82, 2.24) is 19.9 Å². The molecule has 2 fully saturated rings. The first-order valence-electron chi connectivity index (χ1n) is 33.6. The number of aliphatic hydroxyl groups is 7. The minimum absolute atomic E-state index is 0.321. The summed E-state index contributed by atoms with van der Waals surface area (Å²) in [4.78, 5) is 18.9. The molecular weight excluding hydrogens is 1080 g/mol. The zero-order valence-electron chi connectivity index (χ0n) is 52.0. The number of fused-ring (bicyclic) bond motifs is 8. The highest BCUT2D eigenvalue weighted by Crippen LogP contribution is 2.36. The predicted octanol–water partition coefficient (Wildman–Crippen LogP) is 13.5. The molecule has 4 aliphatic heterocycles. The fraction of sp³-hybridized carbons (Fsp3) is 0.634. The maximum Gasteiger partial charge on any atom is 0.229 e. The number of aromatic nitrogens is 4. The summed E-state index contributed by atoms with van der Waals surface area (Å²) in [6.07, 6.45) is 29.8. The highest BCUT2D eigenvalue weighted by atomic mass is 16.7. The molecule has 4 aromatic rings. The minimum atomic E-state index is -1.78. The normalized spacial score (nSPS) is 23.0. The lowest BCUT2D eigenvalue weighted by Crippen LogP contribution is -2.65. The van der Waals surface area contributed by atoms with Crippen molar-refractivity contribution in [3.8, 4) is 16.9 Å². The van der Waals surface area contributed by atoms with Crippen molar-refractivity contribution >= 4 is 46.4 Å². The van der Waals surface area contributed by atoms with Gasteiger partial charge in [-0.2, -0.15) is 0 Å². The van der Waals surface area contributed by atoms with Crippen molar-refractivity contribution in [3.63, 3.8) is 0 Å². The van der Waals surface area contributed by atoms with E-state index in [2.05, 4.69) is 79.3 Å². The molecule has 3 aromatic heterocycles. The Morgan fingerprint density at radius 3 is 1.20 bits per heavy atom. The van der Waals surface area contributed by atoms with Gasteiger partial charge in [0.1, 0.15) is 54.6 Å². The van der Waals surface area contributed by atoms with E-state index in [1.165, 1.54) is 158 Å². The van der Waals surface area contributed by atoms with Gasteiger partial charge in [0.2, 0.25) is 6.29 Å². The molecule has 0 amide bonds. The van der Waals surface area contributed by atoms with Crippen molar-refractivity contribution in [2.75, 3.05) is 13.2 Å². The largest absolute Gasteiger partial charge is 0.462 e. The number of nitrogens with one attached hydrogen (secondary N) is 2. The van der Waals surface area contributed by atoms with Crippen LogP contribution in [0.5, 0.6) is 5.75 Å². The lowest BCUT2D eigenvalue weighted by Gasteiger charge is -2.45. The van der Waals surface area contributed by atoms with E-state index in [9.17, 15) is 35.7 Å². The Hall–Kier alpha value is -4.78. The monoisotopic (exact) mass is 1190 g/mol.